The zero-order valence-corrected chi connectivity index (χ0v) is 10.2. The monoisotopic (exact) mass is 262 g/mol. The normalized spacial score (nSPS) is 10.6. The van der Waals surface area contributed by atoms with Gasteiger partial charge in [0.2, 0.25) is 0 Å². The van der Waals surface area contributed by atoms with Crippen LogP contribution in [0, 0.1) is 10.1 Å². The molecule has 0 saturated heterocycles. The van der Waals surface area contributed by atoms with Gasteiger partial charge in [-0.3, -0.25) is 10.1 Å². The summed E-state index contributed by atoms with van der Waals surface area (Å²) in [6, 6.07) is 9.91. The fourth-order valence-corrected chi connectivity index (χ4v) is 1.67. The quantitative estimate of drug-likeness (QED) is 0.613. The van der Waals surface area contributed by atoms with Crippen LogP contribution in [-0.2, 0) is 19.7 Å². The van der Waals surface area contributed by atoms with Crippen LogP contribution in [0.25, 0.3) is 0 Å². The number of nitro groups is 1. The van der Waals surface area contributed by atoms with Crippen molar-refractivity contribution in [2.24, 2.45) is 0 Å². The van der Waals surface area contributed by atoms with Crippen LogP contribution in [0.3, 0.4) is 0 Å². The predicted octanol–water partition coefficient (Wildman–Crippen LogP) is 1.97. The van der Waals surface area contributed by atoms with Crippen LogP contribution >= 0.6 is 0 Å². The van der Waals surface area contributed by atoms with Gasteiger partial charge in [-0.15, -0.1) is 0 Å². The zero-order chi connectivity index (χ0) is 13.7. The molecule has 6 heteroatoms. The molecule has 0 saturated carbocycles. The highest BCUT2D eigenvalue weighted by molar-refractivity contribution is 5.32. The predicted molar refractivity (Wildman–Crippen MR) is 68.3 cm³/mol. The summed E-state index contributed by atoms with van der Waals surface area (Å²) in [7, 11) is 0. The van der Waals surface area contributed by atoms with Gasteiger partial charge in [-0.05, 0) is 17.7 Å². The molecule has 19 heavy (non-hydrogen) atoms. The Morgan fingerprint density at radius 3 is 2.37 bits per heavy atom. The van der Waals surface area contributed by atoms with Crippen LogP contribution in [-0.4, -0.2) is 10.0 Å². The number of nitrogens with one attached hydrogen (secondary N) is 1. The summed E-state index contributed by atoms with van der Waals surface area (Å²) in [6.07, 6.45) is 0. The van der Waals surface area contributed by atoms with E-state index < -0.39 is 4.92 Å². The maximum Gasteiger partial charge on any atom is 0.269 e. The van der Waals surface area contributed by atoms with Crippen molar-refractivity contribution >= 4 is 5.69 Å². The molecule has 0 unspecified atom stereocenters. The first-order valence-electron chi connectivity index (χ1n) is 5.81. The summed E-state index contributed by atoms with van der Waals surface area (Å²) >= 11 is 0. The van der Waals surface area contributed by atoms with Crippen molar-refractivity contribution in [3.05, 3.63) is 63.6 Å². The van der Waals surface area contributed by atoms with Crippen LogP contribution in [0.2, 0.25) is 0 Å². The van der Waals surface area contributed by atoms with Gasteiger partial charge in [0.15, 0.2) is 0 Å². The van der Waals surface area contributed by atoms with E-state index in [0.717, 1.165) is 11.3 Å². The first kappa shape index (κ1) is 13.3. The molecule has 0 fully saturated rings. The van der Waals surface area contributed by atoms with Crippen molar-refractivity contribution in [1.82, 2.24) is 5.32 Å². The molecule has 0 spiro atoms. The average molecular weight is 262 g/mol. The Morgan fingerprint density at radius 1 is 1.11 bits per heavy atom. The number of furan rings is 1. The van der Waals surface area contributed by atoms with E-state index in [2.05, 4.69) is 5.32 Å². The Kier molecular flexibility index (Phi) is 4.27. The molecule has 1 heterocycles. The smallest absolute Gasteiger partial charge is 0.269 e. The molecule has 0 aliphatic heterocycles. The third kappa shape index (κ3) is 3.64. The van der Waals surface area contributed by atoms with Crippen LogP contribution in [0.5, 0.6) is 0 Å². The molecule has 2 rings (SSSR count). The highest BCUT2D eigenvalue weighted by Crippen LogP contribution is 2.12. The minimum absolute atomic E-state index is 0.0855. The molecule has 1 aromatic carbocycles. The van der Waals surface area contributed by atoms with Gasteiger partial charge in [0, 0.05) is 18.7 Å². The van der Waals surface area contributed by atoms with E-state index >= 15 is 0 Å². The molecule has 0 atom stereocenters. The average Bonchev–Trinajstić information content (AvgIpc) is 2.87. The van der Waals surface area contributed by atoms with Crippen LogP contribution < -0.4 is 5.32 Å². The lowest BCUT2D eigenvalue weighted by atomic mass is 10.2. The second kappa shape index (κ2) is 6.12. The van der Waals surface area contributed by atoms with Crippen molar-refractivity contribution in [2.75, 3.05) is 0 Å². The van der Waals surface area contributed by atoms with Gasteiger partial charge in [0.1, 0.15) is 18.1 Å². The Bertz CT molecular complexity index is 548. The van der Waals surface area contributed by atoms with Gasteiger partial charge in [0.05, 0.1) is 11.5 Å². The lowest BCUT2D eigenvalue weighted by Gasteiger charge is -2.02. The van der Waals surface area contributed by atoms with E-state index in [9.17, 15) is 10.1 Å². The van der Waals surface area contributed by atoms with Gasteiger partial charge in [-0.2, -0.15) is 0 Å². The van der Waals surface area contributed by atoms with Crippen molar-refractivity contribution in [2.45, 2.75) is 19.7 Å². The fourth-order valence-electron chi connectivity index (χ4n) is 1.67. The molecule has 1 aromatic heterocycles. The standard InChI is InChI=1S/C13H14N2O4/c16-9-13-6-5-12(19-13)8-14-7-10-1-3-11(4-2-10)15(17)18/h1-6,14,16H,7-9H2. The van der Waals surface area contributed by atoms with E-state index in [0.29, 0.717) is 18.8 Å². The summed E-state index contributed by atoms with van der Waals surface area (Å²) in [6.45, 7) is 1.02. The third-order valence-corrected chi connectivity index (χ3v) is 2.65. The first-order chi connectivity index (χ1) is 9.19. The van der Waals surface area contributed by atoms with E-state index in [1.807, 2.05) is 0 Å². The van der Waals surface area contributed by atoms with E-state index in [1.165, 1.54) is 12.1 Å². The minimum Gasteiger partial charge on any atom is -0.462 e. The van der Waals surface area contributed by atoms with Crippen molar-refractivity contribution in [1.29, 1.82) is 0 Å². The highest BCUT2D eigenvalue weighted by Gasteiger charge is 2.04. The molecule has 6 nitrogen and oxygen atoms in total. The van der Waals surface area contributed by atoms with Crippen LogP contribution in [0.4, 0.5) is 5.69 Å². The number of non-ortho nitro benzene ring substituents is 1. The highest BCUT2D eigenvalue weighted by atomic mass is 16.6. The number of hydrogen-bond donors (Lipinski definition) is 2. The van der Waals surface area contributed by atoms with Crippen molar-refractivity contribution in [3.8, 4) is 0 Å². The zero-order valence-electron chi connectivity index (χ0n) is 10.2. The number of aliphatic hydroxyl groups excluding tert-OH is 1. The van der Waals surface area contributed by atoms with Crippen molar-refractivity contribution in [3.63, 3.8) is 0 Å². The molecule has 0 amide bonds. The first-order valence-corrected chi connectivity index (χ1v) is 5.81. The lowest BCUT2D eigenvalue weighted by Crippen LogP contribution is -2.12. The third-order valence-electron chi connectivity index (χ3n) is 2.65. The summed E-state index contributed by atoms with van der Waals surface area (Å²) in [5, 5.41) is 22.5. The number of aliphatic hydroxyl groups is 1. The molecule has 0 bridgehead atoms. The van der Waals surface area contributed by atoms with Gasteiger partial charge < -0.3 is 14.8 Å². The van der Waals surface area contributed by atoms with Gasteiger partial charge in [-0.25, -0.2) is 0 Å². The molecule has 0 radical (unpaired) electrons. The second-order valence-corrected chi connectivity index (χ2v) is 4.05. The minimum atomic E-state index is -0.420. The summed E-state index contributed by atoms with van der Waals surface area (Å²) in [5.74, 6) is 1.28. The largest absolute Gasteiger partial charge is 0.462 e. The lowest BCUT2D eigenvalue weighted by molar-refractivity contribution is -0.384. The summed E-state index contributed by atoms with van der Waals surface area (Å²) < 4.78 is 5.32. The second-order valence-electron chi connectivity index (χ2n) is 4.05. The molecule has 100 valence electrons. The summed E-state index contributed by atoms with van der Waals surface area (Å²) in [5.41, 5.74) is 1.04. The van der Waals surface area contributed by atoms with Gasteiger partial charge in [0.25, 0.3) is 5.69 Å². The van der Waals surface area contributed by atoms with Gasteiger partial charge >= 0.3 is 0 Å². The summed E-state index contributed by atoms with van der Waals surface area (Å²) in [4.78, 5) is 10.1. The molecule has 0 aliphatic carbocycles. The molecular formula is C13H14N2O4. The SMILES string of the molecule is O=[N+]([O-])c1ccc(CNCc2ccc(CO)o2)cc1. The maximum absolute atomic E-state index is 10.5. The number of hydrogen-bond acceptors (Lipinski definition) is 5. The number of benzene rings is 1. The number of rotatable bonds is 6. The molecular weight excluding hydrogens is 248 g/mol. The number of nitrogens with zero attached hydrogens (tertiary/aromatic N) is 1. The Hall–Kier alpha value is -2.18. The van der Waals surface area contributed by atoms with E-state index in [-0.39, 0.29) is 12.3 Å². The topological polar surface area (TPSA) is 88.5 Å². The van der Waals surface area contributed by atoms with Crippen LogP contribution in [0.15, 0.2) is 40.8 Å². The van der Waals surface area contributed by atoms with E-state index in [1.54, 1.807) is 24.3 Å². The maximum atomic E-state index is 10.5. The Morgan fingerprint density at radius 2 is 1.79 bits per heavy atom. The van der Waals surface area contributed by atoms with E-state index in [4.69, 9.17) is 9.52 Å². The molecule has 0 aliphatic rings. The van der Waals surface area contributed by atoms with Crippen molar-refractivity contribution < 1.29 is 14.4 Å². The molecule has 2 aromatic rings. The van der Waals surface area contributed by atoms with Crippen LogP contribution in [0.1, 0.15) is 17.1 Å². The number of nitro benzene ring substituents is 1. The Balaban J connectivity index is 1.83. The fraction of sp³-hybridized carbons (Fsp3) is 0.231. The van der Waals surface area contributed by atoms with Gasteiger partial charge in [-0.1, -0.05) is 12.1 Å². The Labute approximate surface area is 109 Å². The molecule has 2 N–H and O–H groups in total.